The Balaban J connectivity index is 2.11. The van der Waals surface area contributed by atoms with Crippen molar-refractivity contribution < 1.29 is 19.4 Å². The molecular formula is C16H19NO4. The minimum absolute atomic E-state index is 0.0221. The number of furan rings is 1. The number of phenolic OH excluding ortho intramolecular Hbond substituents is 1. The third-order valence-electron chi connectivity index (χ3n) is 3.59. The van der Waals surface area contributed by atoms with Gasteiger partial charge in [0.05, 0.1) is 18.4 Å². The largest absolute Gasteiger partial charge is 0.507 e. The van der Waals surface area contributed by atoms with Gasteiger partial charge in [-0.25, -0.2) is 0 Å². The molecular weight excluding hydrogens is 270 g/mol. The van der Waals surface area contributed by atoms with Crippen LogP contribution in [0.4, 0.5) is 0 Å². The molecule has 0 aliphatic rings. The van der Waals surface area contributed by atoms with E-state index in [4.69, 9.17) is 4.42 Å². The summed E-state index contributed by atoms with van der Waals surface area (Å²) in [6, 6.07) is 6.64. The van der Waals surface area contributed by atoms with Crippen molar-refractivity contribution in [2.75, 3.05) is 6.54 Å². The molecule has 5 nitrogen and oxygen atoms in total. The van der Waals surface area contributed by atoms with E-state index < -0.39 is 11.5 Å². The second kappa shape index (κ2) is 5.61. The van der Waals surface area contributed by atoms with Crippen molar-refractivity contribution in [2.45, 2.75) is 26.4 Å². The standard InChI is InChI=1S/C16H19NO4/c1-10-6-7-12(14(18)11(10)2)15(19)17-9-16(3,20)13-5-4-8-21-13/h4-8,18,20H,9H2,1-3H3,(H,17,19). The summed E-state index contributed by atoms with van der Waals surface area (Å²) >= 11 is 0. The summed E-state index contributed by atoms with van der Waals surface area (Å²) in [5, 5.41) is 22.9. The van der Waals surface area contributed by atoms with Crippen LogP contribution in [0.25, 0.3) is 0 Å². The van der Waals surface area contributed by atoms with Gasteiger partial charge in [-0.05, 0) is 50.1 Å². The maximum absolute atomic E-state index is 12.1. The zero-order valence-corrected chi connectivity index (χ0v) is 12.3. The van der Waals surface area contributed by atoms with Crippen molar-refractivity contribution in [2.24, 2.45) is 0 Å². The molecule has 2 aromatic rings. The summed E-state index contributed by atoms with van der Waals surface area (Å²) in [7, 11) is 0. The number of hydrogen-bond donors (Lipinski definition) is 3. The number of phenols is 1. The molecule has 0 fully saturated rings. The van der Waals surface area contributed by atoms with Crippen LogP contribution in [0.3, 0.4) is 0 Å². The summed E-state index contributed by atoms with van der Waals surface area (Å²) in [4.78, 5) is 12.1. The van der Waals surface area contributed by atoms with Crippen LogP contribution in [0.15, 0.2) is 34.9 Å². The number of aliphatic hydroxyl groups is 1. The lowest BCUT2D eigenvalue weighted by Gasteiger charge is -2.21. The molecule has 1 heterocycles. The van der Waals surface area contributed by atoms with Gasteiger partial charge >= 0.3 is 0 Å². The van der Waals surface area contributed by atoms with Gasteiger partial charge in [-0.15, -0.1) is 0 Å². The number of carbonyl (C=O) groups is 1. The van der Waals surface area contributed by atoms with Crippen molar-refractivity contribution in [1.29, 1.82) is 0 Å². The first kappa shape index (κ1) is 15.1. The first-order valence-corrected chi connectivity index (χ1v) is 6.66. The number of aromatic hydroxyl groups is 1. The number of hydrogen-bond acceptors (Lipinski definition) is 4. The fourth-order valence-corrected chi connectivity index (χ4v) is 2.00. The normalized spacial score (nSPS) is 13.7. The molecule has 3 N–H and O–H groups in total. The van der Waals surface area contributed by atoms with E-state index in [0.29, 0.717) is 11.3 Å². The van der Waals surface area contributed by atoms with Crippen LogP contribution < -0.4 is 5.32 Å². The van der Waals surface area contributed by atoms with Gasteiger partial charge in [0.25, 0.3) is 5.91 Å². The maximum Gasteiger partial charge on any atom is 0.255 e. The molecule has 1 atom stereocenters. The van der Waals surface area contributed by atoms with Crippen LogP contribution in [0.1, 0.15) is 34.2 Å². The number of aryl methyl sites for hydroxylation is 1. The van der Waals surface area contributed by atoms with E-state index >= 15 is 0 Å². The summed E-state index contributed by atoms with van der Waals surface area (Å²) in [5.41, 5.74) is 0.453. The van der Waals surface area contributed by atoms with Gasteiger partial charge < -0.3 is 19.9 Å². The Hall–Kier alpha value is -2.27. The van der Waals surface area contributed by atoms with Gasteiger partial charge in [-0.3, -0.25) is 4.79 Å². The SMILES string of the molecule is Cc1ccc(C(=O)NCC(C)(O)c2ccco2)c(O)c1C. The summed E-state index contributed by atoms with van der Waals surface area (Å²) in [6.07, 6.45) is 1.46. The Morgan fingerprint density at radius 1 is 1.33 bits per heavy atom. The van der Waals surface area contributed by atoms with E-state index in [1.165, 1.54) is 6.26 Å². The van der Waals surface area contributed by atoms with E-state index in [-0.39, 0.29) is 17.9 Å². The molecule has 0 aliphatic heterocycles. The van der Waals surface area contributed by atoms with E-state index in [1.807, 2.05) is 6.92 Å². The second-order valence-electron chi connectivity index (χ2n) is 5.34. The zero-order valence-electron chi connectivity index (χ0n) is 12.3. The van der Waals surface area contributed by atoms with Crippen LogP contribution >= 0.6 is 0 Å². The Morgan fingerprint density at radius 3 is 2.67 bits per heavy atom. The summed E-state index contributed by atoms with van der Waals surface area (Å²) in [5.74, 6) is -0.111. The number of nitrogens with one attached hydrogen (secondary N) is 1. The number of rotatable bonds is 4. The summed E-state index contributed by atoms with van der Waals surface area (Å²) in [6.45, 7) is 5.14. The van der Waals surface area contributed by atoms with Gasteiger partial charge in [-0.1, -0.05) is 6.07 Å². The first-order chi connectivity index (χ1) is 9.83. The van der Waals surface area contributed by atoms with Crippen molar-refractivity contribution in [3.63, 3.8) is 0 Å². The van der Waals surface area contributed by atoms with Crippen LogP contribution in [-0.4, -0.2) is 22.7 Å². The molecule has 5 heteroatoms. The minimum atomic E-state index is -1.31. The molecule has 0 saturated heterocycles. The van der Waals surface area contributed by atoms with Gasteiger partial charge in [0, 0.05) is 0 Å². The average Bonchev–Trinajstić information content (AvgIpc) is 2.97. The van der Waals surface area contributed by atoms with Gasteiger partial charge in [0.1, 0.15) is 17.1 Å². The van der Waals surface area contributed by atoms with E-state index in [9.17, 15) is 15.0 Å². The molecule has 0 bridgehead atoms. The topological polar surface area (TPSA) is 82.7 Å². The Labute approximate surface area is 123 Å². The number of amides is 1. The second-order valence-corrected chi connectivity index (χ2v) is 5.34. The van der Waals surface area contributed by atoms with Crippen LogP contribution in [-0.2, 0) is 5.60 Å². The zero-order chi connectivity index (χ0) is 15.6. The quantitative estimate of drug-likeness (QED) is 0.806. The molecule has 1 amide bonds. The fourth-order valence-electron chi connectivity index (χ4n) is 2.00. The predicted molar refractivity (Wildman–Crippen MR) is 78.2 cm³/mol. The minimum Gasteiger partial charge on any atom is -0.507 e. The molecule has 2 rings (SSSR count). The molecule has 0 spiro atoms. The highest BCUT2D eigenvalue weighted by molar-refractivity contribution is 5.97. The molecule has 21 heavy (non-hydrogen) atoms. The highest BCUT2D eigenvalue weighted by Crippen LogP contribution is 2.25. The van der Waals surface area contributed by atoms with Crippen molar-refractivity contribution in [3.8, 4) is 5.75 Å². The van der Waals surface area contributed by atoms with E-state index in [2.05, 4.69) is 5.32 Å². The Bertz CT molecular complexity index is 645. The average molecular weight is 289 g/mol. The van der Waals surface area contributed by atoms with Crippen molar-refractivity contribution >= 4 is 5.91 Å². The lowest BCUT2D eigenvalue weighted by molar-refractivity contribution is 0.0330. The maximum atomic E-state index is 12.1. The lowest BCUT2D eigenvalue weighted by atomic mass is 10.0. The molecule has 0 saturated carbocycles. The van der Waals surface area contributed by atoms with Gasteiger partial charge in [0.15, 0.2) is 0 Å². The molecule has 1 unspecified atom stereocenters. The molecule has 0 aliphatic carbocycles. The van der Waals surface area contributed by atoms with Crippen LogP contribution in [0.2, 0.25) is 0 Å². The lowest BCUT2D eigenvalue weighted by Crippen LogP contribution is -2.38. The van der Waals surface area contributed by atoms with E-state index in [1.54, 1.807) is 38.1 Å². The van der Waals surface area contributed by atoms with E-state index in [0.717, 1.165) is 5.56 Å². The Morgan fingerprint density at radius 2 is 2.05 bits per heavy atom. The highest BCUT2D eigenvalue weighted by atomic mass is 16.4. The van der Waals surface area contributed by atoms with Gasteiger partial charge in [-0.2, -0.15) is 0 Å². The molecule has 1 aromatic heterocycles. The molecule has 112 valence electrons. The molecule has 0 radical (unpaired) electrons. The van der Waals surface area contributed by atoms with Crippen LogP contribution in [0, 0.1) is 13.8 Å². The third-order valence-corrected chi connectivity index (χ3v) is 3.59. The van der Waals surface area contributed by atoms with Gasteiger partial charge in [0.2, 0.25) is 0 Å². The predicted octanol–water partition coefficient (Wildman–Crippen LogP) is 2.24. The van der Waals surface area contributed by atoms with Crippen molar-refractivity contribution in [1.82, 2.24) is 5.32 Å². The third kappa shape index (κ3) is 3.08. The molecule has 1 aromatic carbocycles. The van der Waals surface area contributed by atoms with Crippen LogP contribution in [0.5, 0.6) is 5.75 Å². The number of benzene rings is 1. The Kier molecular flexibility index (Phi) is 4.04. The summed E-state index contributed by atoms with van der Waals surface area (Å²) < 4.78 is 5.14. The monoisotopic (exact) mass is 289 g/mol. The smallest absolute Gasteiger partial charge is 0.255 e. The van der Waals surface area contributed by atoms with Crippen molar-refractivity contribution in [3.05, 3.63) is 53.0 Å². The highest BCUT2D eigenvalue weighted by Gasteiger charge is 2.27. The fraction of sp³-hybridized carbons (Fsp3) is 0.312. The number of carbonyl (C=O) groups excluding carboxylic acids is 1. The first-order valence-electron chi connectivity index (χ1n) is 6.66.